The number of carbonyl (C=O) groups excluding carboxylic acids is 1. The average Bonchev–Trinajstić information content (AvgIpc) is 2.52. The van der Waals surface area contributed by atoms with Gasteiger partial charge >= 0.3 is 6.18 Å². The highest BCUT2D eigenvalue weighted by molar-refractivity contribution is 6.31. The van der Waals surface area contributed by atoms with Crippen LogP contribution in [0.25, 0.3) is 0 Å². The van der Waals surface area contributed by atoms with Crippen molar-refractivity contribution in [1.82, 2.24) is 10.3 Å². The molecule has 1 aromatic heterocycles. The van der Waals surface area contributed by atoms with Gasteiger partial charge in [-0.15, -0.1) is 0 Å². The smallest absolute Gasteiger partial charge is 0.417 e. The molecule has 0 unspecified atom stereocenters. The Hall–Kier alpha value is -2.28. The van der Waals surface area contributed by atoms with Gasteiger partial charge in [-0.05, 0) is 18.2 Å². The normalized spacial score (nSPS) is 11.1. The maximum atomic E-state index is 12.5. The molecule has 0 spiro atoms. The molecule has 0 aliphatic rings. The molecule has 0 radical (unpaired) electrons. The summed E-state index contributed by atoms with van der Waals surface area (Å²) >= 11 is 5.70. The van der Waals surface area contributed by atoms with Crippen molar-refractivity contribution in [3.8, 4) is 5.88 Å². The lowest BCUT2D eigenvalue weighted by molar-refractivity contribution is -0.137. The van der Waals surface area contributed by atoms with Crippen LogP contribution >= 0.6 is 11.6 Å². The number of ether oxygens (including phenoxy) is 1. The molecule has 1 aromatic carbocycles. The number of rotatable bonds is 5. The number of hydrogen-bond acceptors (Lipinski definition) is 3. The van der Waals surface area contributed by atoms with E-state index in [1.54, 1.807) is 30.3 Å². The number of nitrogens with one attached hydrogen (secondary N) is 1. The molecule has 122 valence electrons. The average molecular weight is 345 g/mol. The second-order valence-corrected chi connectivity index (χ2v) is 4.89. The van der Waals surface area contributed by atoms with Gasteiger partial charge < -0.3 is 10.1 Å². The third kappa shape index (κ3) is 4.85. The summed E-state index contributed by atoms with van der Waals surface area (Å²) in [6.07, 6.45) is -3.87. The lowest BCUT2D eigenvalue weighted by Gasteiger charge is -2.10. The van der Waals surface area contributed by atoms with Crippen molar-refractivity contribution in [3.05, 3.63) is 58.7 Å². The van der Waals surface area contributed by atoms with E-state index in [1.165, 1.54) is 0 Å². The fourth-order valence-corrected chi connectivity index (χ4v) is 1.91. The van der Waals surface area contributed by atoms with E-state index in [1.807, 2.05) is 0 Å². The highest BCUT2D eigenvalue weighted by Gasteiger charge is 2.31. The maximum Gasteiger partial charge on any atom is 0.417 e. The Morgan fingerprint density at radius 3 is 2.57 bits per heavy atom. The van der Waals surface area contributed by atoms with Crippen molar-refractivity contribution in [2.24, 2.45) is 0 Å². The van der Waals surface area contributed by atoms with Crippen LogP contribution in [0, 0.1) is 0 Å². The van der Waals surface area contributed by atoms with E-state index >= 15 is 0 Å². The van der Waals surface area contributed by atoms with Crippen molar-refractivity contribution in [2.75, 3.05) is 13.2 Å². The standard InChI is InChI=1S/C15H12ClF3N2O2/c16-12-8-11(15(17,18)19)9-21-14(12)23-7-6-20-13(22)10-4-2-1-3-5-10/h1-5,8-9H,6-7H2,(H,20,22). The van der Waals surface area contributed by atoms with Crippen LogP contribution in [0.2, 0.25) is 5.02 Å². The Bertz CT molecular complexity index is 678. The van der Waals surface area contributed by atoms with Crippen molar-refractivity contribution < 1.29 is 22.7 Å². The van der Waals surface area contributed by atoms with E-state index in [0.717, 1.165) is 6.07 Å². The minimum Gasteiger partial charge on any atom is -0.475 e. The molecule has 2 aromatic rings. The number of alkyl halides is 3. The van der Waals surface area contributed by atoms with E-state index in [-0.39, 0.29) is 30.0 Å². The zero-order valence-corrected chi connectivity index (χ0v) is 12.5. The van der Waals surface area contributed by atoms with E-state index < -0.39 is 11.7 Å². The minimum atomic E-state index is -4.52. The predicted octanol–water partition coefficient (Wildman–Crippen LogP) is 3.56. The molecule has 0 saturated heterocycles. The van der Waals surface area contributed by atoms with Gasteiger partial charge in [-0.2, -0.15) is 13.2 Å². The SMILES string of the molecule is O=C(NCCOc1ncc(C(F)(F)F)cc1Cl)c1ccccc1. The van der Waals surface area contributed by atoms with Crippen molar-refractivity contribution >= 4 is 17.5 Å². The number of halogens is 4. The highest BCUT2D eigenvalue weighted by Crippen LogP contribution is 2.32. The van der Waals surface area contributed by atoms with Crippen LogP contribution < -0.4 is 10.1 Å². The Balaban J connectivity index is 1.84. The number of pyridine rings is 1. The van der Waals surface area contributed by atoms with Crippen LogP contribution in [0.1, 0.15) is 15.9 Å². The Labute approximate surface area is 135 Å². The molecule has 1 N–H and O–H groups in total. The highest BCUT2D eigenvalue weighted by atomic mass is 35.5. The number of benzene rings is 1. The molecule has 0 fully saturated rings. The largest absolute Gasteiger partial charge is 0.475 e. The molecular formula is C15H12ClF3N2O2. The molecule has 1 heterocycles. The first-order chi connectivity index (χ1) is 10.9. The lowest BCUT2D eigenvalue weighted by Crippen LogP contribution is -2.28. The second-order valence-electron chi connectivity index (χ2n) is 4.48. The van der Waals surface area contributed by atoms with Crippen molar-refractivity contribution in [1.29, 1.82) is 0 Å². The summed E-state index contributed by atoms with van der Waals surface area (Å²) < 4.78 is 42.6. The third-order valence-corrected chi connectivity index (χ3v) is 3.07. The van der Waals surface area contributed by atoms with Crippen molar-refractivity contribution in [3.63, 3.8) is 0 Å². The topological polar surface area (TPSA) is 51.2 Å². The quantitative estimate of drug-likeness (QED) is 0.844. The monoisotopic (exact) mass is 344 g/mol. The summed E-state index contributed by atoms with van der Waals surface area (Å²) in [5, 5.41) is 2.37. The number of amides is 1. The van der Waals surface area contributed by atoms with E-state index in [9.17, 15) is 18.0 Å². The van der Waals surface area contributed by atoms with E-state index in [4.69, 9.17) is 16.3 Å². The summed E-state index contributed by atoms with van der Waals surface area (Å²) in [4.78, 5) is 15.3. The summed E-state index contributed by atoms with van der Waals surface area (Å²) in [6, 6.07) is 9.31. The van der Waals surface area contributed by atoms with Crippen LogP contribution in [0.3, 0.4) is 0 Å². The zero-order valence-electron chi connectivity index (χ0n) is 11.7. The number of aromatic nitrogens is 1. The fourth-order valence-electron chi connectivity index (χ4n) is 1.69. The third-order valence-electron chi connectivity index (χ3n) is 2.80. The second kappa shape index (κ2) is 7.32. The molecular weight excluding hydrogens is 333 g/mol. The van der Waals surface area contributed by atoms with Gasteiger partial charge in [-0.25, -0.2) is 4.98 Å². The first-order valence-corrected chi connectivity index (χ1v) is 6.94. The number of hydrogen-bond donors (Lipinski definition) is 1. The minimum absolute atomic E-state index is 0.0245. The molecule has 1 amide bonds. The van der Waals surface area contributed by atoms with E-state index in [0.29, 0.717) is 11.8 Å². The van der Waals surface area contributed by atoms with Gasteiger partial charge in [0, 0.05) is 11.8 Å². The summed E-state index contributed by atoms with van der Waals surface area (Å²) in [5.41, 5.74) is -0.453. The summed E-state index contributed by atoms with van der Waals surface area (Å²) in [7, 11) is 0. The maximum absolute atomic E-state index is 12.5. The molecule has 0 bridgehead atoms. The summed E-state index contributed by atoms with van der Waals surface area (Å²) in [6.45, 7) is 0.184. The molecule has 8 heteroatoms. The van der Waals surface area contributed by atoms with Crippen LogP contribution in [0.5, 0.6) is 5.88 Å². The molecule has 0 saturated carbocycles. The van der Waals surface area contributed by atoms with Crippen LogP contribution in [0.15, 0.2) is 42.6 Å². The number of carbonyl (C=O) groups is 1. The molecule has 0 atom stereocenters. The van der Waals surface area contributed by atoms with Crippen molar-refractivity contribution in [2.45, 2.75) is 6.18 Å². The summed E-state index contributed by atoms with van der Waals surface area (Å²) in [5.74, 6) is -0.394. The van der Waals surface area contributed by atoms with Crippen LogP contribution in [0.4, 0.5) is 13.2 Å². The molecule has 4 nitrogen and oxygen atoms in total. The van der Waals surface area contributed by atoms with E-state index in [2.05, 4.69) is 10.3 Å². The Kier molecular flexibility index (Phi) is 5.44. The Morgan fingerprint density at radius 1 is 1.26 bits per heavy atom. The van der Waals surface area contributed by atoms with Gasteiger partial charge in [0.05, 0.1) is 12.1 Å². The first-order valence-electron chi connectivity index (χ1n) is 6.56. The Morgan fingerprint density at radius 2 is 1.96 bits per heavy atom. The molecule has 23 heavy (non-hydrogen) atoms. The van der Waals surface area contributed by atoms with Gasteiger partial charge in [0.2, 0.25) is 5.88 Å². The van der Waals surface area contributed by atoms with Gasteiger partial charge in [0.1, 0.15) is 11.6 Å². The van der Waals surface area contributed by atoms with Gasteiger partial charge in [0.25, 0.3) is 5.91 Å². The number of nitrogens with zero attached hydrogens (tertiary/aromatic N) is 1. The lowest BCUT2D eigenvalue weighted by atomic mass is 10.2. The first kappa shape index (κ1) is 17.1. The fraction of sp³-hybridized carbons (Fsp3) is 0.200. The van der Waals surface area contributed by atoms with Gasteiger partial charge in [-0.1, -0.05) is 29.8 Å². The van der Waals surface area contributed by atoms with Crippen LogP contribution in [-0.2, 0) is 6.18 Å². The van der Waals surface area contributed by atoms with Gasteiger partial charge in [-0.3, -0.25) is 4.79 Å². The predicted molar refractivity (Wildman–Crippen MR) is 78.5 cm³/mol. The molecule has 0 aliphatic carbocycles. The zero-order chi connectivity index (χ0) is 16.9. The van der Waals surface area contributed by atoms with Gasteiger partial charge in [0.15, 0.2) is 0 Å². The molecule has 2 rings (SSSR count). The van der Waals surface area contributed by atoms with Crippen LogP contribution in [-0.4, -0.2) is 24.0 Å². The molecule has 0 aliphatic heterocycles.